The van der Waals surface area contributed by atoms with E-state index in [1.807, 2.05) is 78.9 Å². The number of nitrogens with one attached hydrogen (secondary N) is 1. The summed E-state index contributed by atoms with van der Waals surface area (Å²) in [5, 5.41) is 2.97. The van der Waals surface area contributed by atoms with E-state index in [9.17, 15) is 9.59 Å². The summed E-state index contributed by atoms with van der Waals surface area (Å²) in [6, 6.07) is 28.2. The number of hydrogen-bond acceptors (Lipinski definition) is 6. The van der Waals surface area contributed by atoms with Crippen LogP contribution < -0.4 is 15.0 Å². The van der Waals surface area contributed by atoms with Crippen LogP contribution in [0.1, 0.15) is 25.7 Å². The first-order valence-corrected chi connectivity index (χ1v) is 13.3. The summed E-state index contributed by atoms with van der Waals surface area (Å²) in [5.74, 6) is 0.196. The minimum atomic E-state index is -0.178. The first-order valence-electron chi connectivity index (χ1n) is 12.5. The molecule has 0 radical (unpaired) electrons. The van der Waals surface area contributed by atoms with Crippen LogP contribution in [0, 0.1) is 0 Å². The van der Waals surface area contributed by atoms with Crippen molar-refractivity contribution < 1.29 is 14.3 Å². The molecule has 0 unspecified atom stereocenters. The number of rotatable bonds is 5. The van der Waals surface area contributed by atoms with E-state index < -0.39 is 0 Å². The van der Waals surface area contributed by atoms with Gasteiger partial charge in [-0.25, -0.2) is 9.97 Å². The zero-order valence-corrected chi connectivity index (χ0v) is 21.9. The van der Waals surface area contributed by atoms with Gasteiger partial charge in [0, 0.05) is 40.5 Å². The second kappa shape index (κ2) is 10.5. The number of amides is 2. The Morgan fingerprint density at radius 3 is 2.56 bits per heavy atom. The topological polar surface area (TPSA) is 84.4 Å². The number of fused-ring (bicyclic) bond motifs is 3. The fourth-order valence-corrected chi connectivity index (χ4v) is 5.78. The first-order chi connectivity index (χ1) is 19.1. The molecule has 2 amide bonds. The molecule has 6 rings (SSSR count). The number of anilines is 2. The van der Waals surface area contributed by atoms with Crippen LogP contribution in [0.15, 0.2) is 97.2 Å². The Morgan fingerprint density at radius 2 is 1.77 bits per heavy atom. The molecule has 5 aromatic rings. The van der Waals surface area contributed by atoms with Gasteiger partial charge in [0.2, 0.25) is 5.88 Å². The van der Waals surface area contributed by atoms with Crippen molar-refractivity contribution in [1.29, 1.82) is 0 Å². The van der Waals surface area contributed by atoms with Gasteiger partial charge in [0.25, 0.3) is 11.8 Å². The summed E-state index contributed by atoms with van der Waals surface area (Å²) in [7, 11) is 1.57. The Morgan fingerprint density at radius 1 is 0.949 bits per heavy atom. The van der Waals surface area contributed by atoms with Gasteiger partial charge < -0.3 is 15.0 Å². The van der Waals surface area contributed by atoms with Crippen molar-refractivity contribution in [3.05, 3.63) is 113 Å². The summed E-state index contributed by atoms with van der Waals surface area (Å²) >= 11 is 1.45. The van der Waals surface area contributed by atoms with Crippen LogP contribution >= 0.6 is 11.3 Å². The molecule has 1 aliphatic heterocycles. The lowest BCUT2D eigenvalue weighted by Crippen LogP contribution is -2.33. The minimum Gasteiger partial charge on any atom is -0.481 e. The smallest absolute Gasteiger partial charge is 0.276 e. The molecule has 2 aromatic carbocycles. The highest BCUT2D eigenvalue weighted by Gasteiger charge is 2.28. The van der Waals surface area contributed by atoms with Crippen LogP contribution in [-0.2, 0) is 6.42 Å². The lowest BCUT2D eigenvalue weighted by atomic mass is 10.1. The highest BCUT2D eigenvalue weighted by molar-refractivity contribution is 7.17. The zero-order chi connectivity index (χ0) is 26.8. The van der Waals surface area contributed by atoms with Crippen LogP contribution in [0.2, 0.25) is 0 Å². The van der Waals surface area contributed by atoms with Crippen LogP contribution in [0.3, 0.4) is 0 Å². The molecule has 1 N–H and O–H groups in total. The van der Waals surface area contributed by atoms with Crippen molar-refractivity contribution in [2.24, 2.45) is 0 Å². The highest BCUT2D eigenvalue weighted by atomic mass is 32.1. The van der Waals surface area contributed by atoms with E-state index in [0.717, 1.165) is 32.9 Å². The van der Waals surface area contributed by atoms with Crippen molar-refractivity contribution in [2.75, 3.05) is 23.9 Å². The summed E-state index contributed by atoms with van der Waals surface area (Å²) in [6.07, 6.45) is 2.30. The van der Waals surface area contributed by atoms with Crippen LogP contribution in [0.5, 0.6) is 5.88 Å². The summed E-state index contributed by atoms with van der Waals surface area (Å²) < 4.78 is 5.14. The van der Waals surface area contributed by atoms with Crippen LogP contribution in [-0.4, -0.2) is 35.4 Å². The van der Waals surface area contributed by atoms with E-state index in [0.29, 0.717) is 35.1 Å². The van der Waals surface area contributed by atoms with E-state index in [-0.39, 0.29) is 11.8 Å². The van der Waals surface area contributed by atoms with Gasteiger partial charge in [0.05, 0.1) is 23.4 Å². The quantitative estimate of drug-likeness (QED) is 0.286. The lowest BCUT2D eigenvalue weighted by molar-refractivity contribution is 0.0981. The zero-order valence-electron chi connectivity index (χ0n) is 21.1. The van der Waals surface area contributed by atoms with E-state index in [1.54, 1.807) is 30.3 Å². The lowest BCUT2D eigenvalue weighted by Gasteiger charge is -2.23. The molecular weight excluding hydrogens is 508 g/mol. The molecule has 0 fully saturated rings. The van der Waals surface area contributed by atoms with E-state index in [2.05, 4.69) is 15.3 Å². The number of hydrogen-bond donors (Lipinski definition) is 1. The van der Waals surface area contributed by atoms with Gasteiger partial charge in [-0.2, -0.15) is 0 Å². The third-order valence-electron chi connectivity index (χ3n) is 6.56. The molecule has 0 atom stereocenters. The molecule has 0 saturated carbocycles. The number of thiophene rings is 1. The maximum atomic E-state index is 13.8. The highest BCUT2D eigenvalue weighted by Crippen LogP contribution is 2.42. The van der Waals surface area contributed by atoms with Crippen molar-refractivity contribution in [3.63, 3.8) is 0 Å². The number of methoxy groups -OCH3 is 1. The monoisotopic (exact) mass is 532 g/mol. The molecule has 192 valence electrons. The van der Waals surface area contributed by atoms with Crippen molar-refractivity contribution in [3.8, 4) is 27.6 Å². The second-order valence-corrected chi connectivity index (χ2v) is 10.1. The number of para-hydroxylation sites is 2. The summed E-state index contributed by atoms with van der Waals surface area (Å²) in [6.45, 7) is 0.468. The van der Waals surface area contributed by atoms with Crippen LogP contribution in [0.4, 0.5) is 11.4 Å². The standard InChI is InChI=1S/C31H24N4O3S/c1-38-28-15-14-21(19-32-28)24-11-7-12-25(34-24)31(37)35-17-16-20-18-27(30(36)33-22-8-3-2-4-9-22)39-29(20)23-10-5-6-13-26(23)35/h2-15,18-19H,16-17H2,1H3,(H,33,36). The van der Waals surface area contributed by atoms with E-state index in [4.69, 9.17) is 4.74 Å². The van der Waals surface area contributed by atoms with Gasteiger partial charge >= 0.3 is 0 Å². The van der Waals surface area contributed by atoms with Gasteiger partial charge in [-0.1, -0.05) is 42.5 Å². The minimum absolute atomic E-state index is 0.140. The van der Waals surface area contributed by atoms with Gasteiger partial charge in [-0.3, -0.25) is 9.59 Å². The molecule has 4 heterocycles. The van der Waals surface area contributed by atoms with Gasteiger partial charge in [0.1, 0.15) is 5.69 Å². The first kappa shape index (κ1) is 24.5. The molecular formula is C31H24N4O3S. The van der Waals surface area contributed by atoms with Crippen molar-refractivity contribution in [2.45, 2.75) is 6.42 Å². The maximum absolute atomic E-state index is 13.8. The number of nitrogens with zero attached hydrogens (tertiary/aromatic N) is 3. The Balaban J connectivity index is 1.30. The molecule has 1 aliphatic rings. The average Bonchev–Trinajstić information content (AvgIpc) is 3.36. The predicted molar refractivity (Wildman–Crippen MR) is 154 cm³/mol. The average molecular weight is 533 g/mol. The Labute approximate surface area is 229 Å². The van der Waals surface area contributed by atoms with Gasteiger partial charge in [-0.15, -0.1) is 11.3 Å². The summed E-state index contributed by atoms with van der Waals surface area (Å²) in [4.78, 5) is 39.2. The molecule has 3 aromatic heterocycles. The SMILES string of the molecule is COc1ccc(-c2cccc(C(=O)N3CCc4cc(C(=O)Nc5ccccc5)sc4-c4ccccc43)n2)cn1. The maximum Gasteiger partial charge on any atom is 0.276 e. The Bertz CT molecular complexity index is 1670. The number of benzene rings is 2. The fraction of sp³-hybridized carbons (Fsp3) is 0.0968. The molecule has 39 heavy (non-hydrogen) atoms. The van der Waals surface area contributed by atoms with E-state index >= 15 is 0 Å². The third kappa shape index (κ3) is 4.89. The van der Waals surface area contributed by atoms with Crippen molar-refractivity contribution in [1.82, 2.24) is 9.97 Å². The second-order valence-electron chi connectivity index (χ2n) is 9.01. The number of aromatic nitrogens is 2. The van der Waals surface area contributed by atoms with Gasteiger partial charge in [0.15, 0.2) is 0 Å². The molecule has 0 spiro atoms. The Hall–Kier alpha value is -4.82. The predicted octanol–water partition coefficient (Wildman–Crippen LogP) is 6.34. The van der Waals surface area contributed by atoms with Crippen LogP contribution in [0.25, 0.3) is 21.7 Å². The normalized spacial score (nSPS) is 12.2. The molecule has 0 saturated heterocycles. The number of pyridine rings is 2. The number of ether oxygens (including phenoxy) is 1. The third-order valence-corrected chi connectivity index (χ3v) is 7.77. The van der Waals surface area contributed by atoms with E-state index in [1.165, 1.54) is 11.3 Å². The van der Waals surface area contributed by atoms with Crippen molar-refractivity contribution >= 4 is 34.5 Å². The summed E-state index contributed by atoms with van der Waals surface area (Å²) in [5.41, 5.74) is 5.34. The molecule has 7 nitrogen and oxygen atoms in total. The fourth-order valence-electron chi connectivity index (χ4n) is 4.64. The van der Waals surface area contributed by atoms with Gasteiger partial charge in [-0.05, 0) is 54.4 Å². The Kier molecular flexibility index (Phi) is 6.61. The molecule has 0 bridgehead atoms. The number of carbonyl (C=O) groups is 2. The molecule has 8 heteroatoms. The number of carbonyl (C=O) groups excluding carboxylic acids is 2. The largest absolute Gasteiger partial charge is 0.481 e. The molecule has 0 aliphatic carbocycles.